The van der Waals surface area contributed by atoms with Crippen LogP contribution in [0.3, 0.4) is 0 Å². The van der Waals surface area contributed by atoms with Crippen molar-refractivity contribution >= 4 is 16.6 Å². The van der Waals surface area contributed by atoms with Crippen molar-refractivity contribution in [1.29, 1.82) is 0 Å². The lowest BCUT2D eigenvalue weighted by Gasteiger charge is -2.33. The molecule has 1 aliphatic rings. The summed E-state index contributed by atoms with van der Waals surface area (Å²) < 4.78 is 0. The monoisotopic (exact) mass is 227 g/mol. The number of aromatic nitrogens is 1. The molecule has 0 aliphatic carbocycles. The number of fused-ring (bicyclic) bond motifs is 1. The molecule has 1 aromatic carbocycles. The number of pyridine rings is 1. The van der Waals surface area contributed by atoms with Gasteiger partial charge in [-0.1, -0.05) is 24.3 Å². The summed E-state index contributed by atoms with van der Waals surface area (Å²) in [5.41, 5.74) is 0. The van der Waals surface area contributed by atoms with Crippen LogP contribution in [0.25, 0.3) is 10.8 Å². The van der Waals surface area contributed by atoms with E-state index < -0.39 is 0 Å². The lowest BCUT2D eigenvalue weighted by atomic mass is 10.1. The van der Waals surface area contributed by atoms with Crippen molar-refractivity contribution in [2.45, 2.75) is 13.0 Å². The van der Waals surface area contributed by atoms with Gasteiger partial charge in [0.1, 0.15) is 5.82 Å². The fraction of sp³-hybridized carbons (Fsp3) is 0.357. The van der Waals surface area contributed by atoms with Crippen molar-refractivity contribution in [1.82, 2.24) is 10.3 Å². The zero-order valence-electron chi connectivity index (χ0n) is 10.1. The maximum absolute atomic E-state index is 4.56. The van der Waals surface area contributed by atoms with Crippen LogP contribution in [0, 0.1) is 0 Å². The molecule has 0 spiro atoms. The van der Waals surface area contributed by atoms with E-state index in [2.05, 4.69) is 52.5 Å². The van der Waals surface area contributed by atoms with Crippen LogP contribution in [0.15, 0.2) is 36.5 Å². The van der Waals surface area contributed by atoms with Crippen LogP contribution in [0.4, 0.5) is 5.82 Å². The first kappa shape index (κ1) is 10.5. The molecule has 3 nitrogen and oxygen atoms in total. The smallest absolute Gasteiger partial charge is 0.136 e. The normalized spacial score (nSPS) is 20.8. The minimum absolute atomic E-state index is 0.532. The molecule has 1 fully saturated rings. The van der Waals surface area contributed by atoms with E-state index in [0.717, 1.165) is 25.5 Å². The first-order chi connectivity index (χ1) is 8.34. The van der Waals surface area contributed by atoms with E-state index in [1.165, 1.54) is 10.8 Å². The van der Waals surface area contributed by atoms with Gasteiger partial charge in [-0.15, -0.1) is 0 Å². The number of rotatable bonds is 1. The Hall–Kier alpha value is -1.61. The molecule has 0 bridgehead atoms. The van der Waals surface area contributed by atoms with E-state index >= 15 is 0 Å². The average molecular weight is 227 g/mol. The second-order valence-corrected chi connectivity index (χ2v) is 4.66. The Morgan fingerprint density at radius 2 is 2.18 bits per heavy atom. The standard InChI is InChI=1S/C14H17N3/c1-11-10-17(9-8-15-11)14-13-5-3-2-4-12(13)6-7-16-14/h2-7,11,15H,8-10H2,1H3/t11-/m1/s1. The van der Waals surface area contributed by atoms with Crippen LogP contribution in [0.2, 0.25) is 0 Å². The van der Waals surface area contributed by atoms with Crippen molar-refractivity contribution in [2.24, 2.45) is 0 Å². The number of nitrogens with one attached hydrogen (secondary N) is 1. The Balaban J connectivity index is 2.04. The van der Waals surface area contributed by atoms with Gasteiger partial charge in [-0.3, -0.25) is 0 Å². The first-order valence-electron chi connectivity index (χ1n) is 6.17. The van der Waals surface area contributed by atoms with Crippen LogP contribution in [-0.2, 0) is 0 Å². The second-order valence-electron chi connectivity index (χ2n) is 4.66. The van der Waals surface area contributed by atoms with E-state index in [1.54, 1.807) is 0 Å². The van der Waals surface area contributed by atoms with Gasteiger partial charge in [-0.25, -0.2) is 4.98 Å². The molecule has 1 aromatic heterocycles. The second kappa shape index (κ2) is 4.34. The molecule has 1 N–H and O–H groups in total. The molecule has 1 atom stereocenters. The van der Waals surface area contributed by atoms with Crippen LogP contribution < -0.4 is 10.2 Å². The van der Waals surface area contributed by atoms with E-state index in [4.69, 9.17) is 0 Å². The number of hydrogen-bond acceptors (Lipinski definition) is 3. The zero-order valence-corrected chi connectivity index (χ0v) is 10.1. The van der Waals surface area contributed by atoms with Crippen LogP contribution in [0.1, 0.15) is 6.92 Å². The highest BCUT2D eigenvalue weighted by molar-refractivity contribution is 5.92. The summed E-state index contributed by atoms with van der Waals surface area (Å²) in [4.78, 5) is 6.94. The molecular weight excluding hydrogens is 210 g/mol. The van der Waals surface area contributed by atoms with E-state index in [9.17, 15) is 0 Å². The van der Waals surface area contributed by atoms with Crippen LogP contribution in [-0.4, -0.2) is 30.7 Å². The van der Waals surface area contributed by atoms with Gasteiger partial charge in [-0.2, -0.15) is 0 Å². The molecule has 88 valence electrons. The SMILES string of the molecule is C[C@@H]1CN(c2nccc3ccccc23)CCN1. The van der Waals surface area contributed by atoms with Crippen molar-refractivity contribution in [2.75, 3.05) is 24.5 Å². The van der Waals surface area contributed by atoms with E-state index in [1.807, 2.05) is 6.20 Å². The molecule has 0 amide bonds. The number of hydrogen-bond donors (Lipinski definition) is 1. The lowest BCUT2D eigenvalue weighted by molar-refractivity contribution is 0.483. The van der Waals surface area contributed by atoms with Gasteiger partial charge >= 0.3 is 0 Å². The summed E-state index contributed by atoms with van der Waals surface area (Å²) in [5, 5.41) is 5.98. The summed E-state index contributed by atoms with van der Waals surface area (Å²) in [6.45, 7) is 5.32. The first-order valence-corrected chi connectivity index (χ1v) is 6.17. The molecule has 0 saturated carbocycles. The van der Waals surface area contributed by atoms with Gasteiger partial charge < -0.3 is 10.2 Å². The Bertz CT molecular complexity index is 518. The molecule has 1 saturated heterocycles. The quantitative estimate of drug-likeness (QED) is 0.808. The highest BCUT2D eigenvalue weighted by Crippen LogP contribution is 2.24. The molecule has 3 rings (SSSR count). The summed E-state index contributed by atoms with van der Waals surface area (Å²) in [6, 6.07) is 11.1. The Morgan fingerprint density at radius 3 is 3.06 bits per heavy atom. The highest BCUT2D eigenvalue weighted by Gasteiger charge is 2.18. The molecule has 0 unspecified atom stereocenters. The predicted molar refractivity (Wildman–Crippen MR) is 71.4 cm³/mol. The van der Waals surface area contributed by atoms with Gasteiger partial charge in [0.15, 0.2) is 0 Å². The molecule has 3 heteroatoms. The van der Waals surface area contributed by atoms with Gasteiger partial charge in [0.05, 0.1) is 0 Å². The van der Waals surface area contributed by atoms with Crippen molar-refractivity contribution < 1.29 is 0 Å². The van der Waals surface area contributed by atoms with Gasteiger partial charge in [-0.05, 0) is 18.4 Å². The summed E-state index contributed by atoms with van der Waals surface area (Å²) in [6.07, 6.45) is 1.91. The molecule has 17 heavy (non-hydrogen) atoms. The van der Waals surface area contributed by atoms with Crippen molar-refractivity contribution in [3.05, 3.63) is 36.5 Å². The van der Waals surface area contributed by atoms with Crippen LogP contribution >= 0.6 is 0 Å². The number of anilines is 1. The van der Waals surface area contributed by atoms with E-state index in [-0.39, 0.29) is 0 Å². The number of piperazine rings is 1. The minimum atomic E-state index is 0.532. The molecule has 2 aromatic rings. The molecule has 0 radical (unpaired) electrons. The minimum Gasteiger partial charge on any atom is -0.353 e. The Labute approximate surface area is 101 Å². The third-order valence-corrected chi connectivity index (χ3v) is 3.32. The number of nitrogens with zero attached hydrogens (tertiary/aromatic N) is 2. The van der Waals surface area contributed by atoms with Crippen molar-refractivity contribution in [3.8, 4) is 0 Å². The van der Waals surface area contributed by atoms with Crippen molar-refractivity contribution in [3.63, 3.8) is 0 Å². The highest BCUT2D eigenvalue weighted by atomic mass is 15.2. The molecular formula is C14H17N3. The van der Waals surface area contributed by atoms with E-state index in [0.29, 0.717) is 6.04 Å². The Morgan fingerprint density at radius 1 is 1.29 bits per heavy atom. The maximum Gasteiger partial charge on any atom is 0.136 e. The predicted octanol–water partition coefficient (Wildman–Crippen LogP) is 2.03. The fourth-order valence-corrected chi connectivity index (χ4v) is 2.48. The lowest BCUT2D eigenvalue weighted by Crippen LogP contribution is -2.49. The number of benzene rings is 1. The zero-order chi connectivity index (χ0) is 11.7. The summed E-state index contributed by atoms with van der Waals surface area (Å²) in [5.74, 6) is 1.12. The van der Waals surface area contributed by atoms with Gasteiger partial charge in [0.2, 0.25) is 0 Å². The van der Waals surface area contributed by atoms with Gasteiger partial charge in [0.25, 0.3) is 0 Å². The largest absolute Gasteiger partial charge is 0.353 e. The topological polar surface area (TPSA) is 28.2 Å². The fourth-order valence-electron chi connectivity index (χ4n) is 2.48. The third kappa shape index (κ3) is 1.98. The Kier molecular flexibility index (Phi) is 2.69. The molecule has 2 heterocycles. The molecule has 1 aliphatic heterocycles. The van der Waals surface area contributed by atoms with Crippen LogP contribution in [0.5, 0.6) is 0 Å². The third-order valence-electron chi connectivity index (χ3n) is 3.32. The average Bonchev–Trinajstić information content (AvgIpc) is 2.38. The summed E-state index contributed by atoms with van der Waals surface area (Å²) in [7, 11) is 0. The van der Waals surface area contributed by atoms with Gasteiger partial charge in [0, 0.05) is 37.3 Å². The maximum atomic E-state index is 4.56. The summed E-state index contributed by atoms with van der Waals surface area (Å²) >= 11 is 0.